The predicted molar refractivity (Wildman–Crippen MR) is 81.6 cm³/mol. The number of carbonyl (C=O) groups is 2. The number of nitrogens with one attached hydrogen (secondary N) is 1. The van der Waals surface area contributed by atoms with Gasteiger partial charge >= 0.3 is 5.97 Å². The van der Waals surface area contributed by atoms with Crippen LogP contribution in [0, 0.1) is 0 Å². The van der Waals surface area contributed by atoms with Gasteiger partial charge in [0.1, 0.15) is 0 Å². The van der Waals surface area contributed by atoms with Crippen LogP contribution in [-0.2, 0) is 11.2 Å². The zero-order chi connectivity index (χ0) is 15.4. The Hall–Kier alpha value is -2.53. The molecule has 0 aliphatic heterocycles. The third kappa shape index (κ3) is 3.97. The van der Waals surface area contributed by atoms with Crippen LogP contribution in [0.15, 0.2) is 42.5 Å². The van der Waals surface area contributed by atoms with E-state index in [2.05, 4.69) is 5.32 Å². The second-order valence-corrected chi connectivity index (χ2v) is 4.90. The van der Waals surface area contributed by atoms with Crippen molar-refractivity contribution in [1.82, 2.24) is 0 Å². The van der Waals surface area contributed by atoms with E-state index in [1.165, 1.54) is 18.2 Å². The van der Waals surface area contributed by atoms with E-state index < -0.39 is 5.97 Å². The molecule has 0 aliphatic carbocycles. The molecular weight excluding hydrogens is 292 g/mol. The summed E-state index contributed by atoms with van der Waals surface area (Å²) in [5.41, 5.74) is 7.16. The Balaban J connectivity index is 2.08. The Morgan fingerprint density at radius 2 is 1.95 bits per heavy atom. The minimum atomic E-state index is -1.07. The Kier molecular flexibility index (Phi) is 4.45. The van der Waals surface area contributed by atoms with Crippen molar-refractivity contribution in [3.05, 3.63) is 58.6 Å². The van der Waals surface area contributed by atoms with E-state index in [-0.39, 0.29) is 23.6 Å². The fraction of sp³-hybridized carbons (Fsp3) is 0.0667. The summed E-state index contributed by atoms with van der Waals surface area (Å²) in [5, 5.41) is 12.1. The van der Waals surface area contributed by atoms with E-state index in [9.17, 15) is 9.59 Å². The molecule has 0 atom stereocenters. The van der Waals surface area contributed by atoms with Crippen LogP contribution >= 0.6 is 11.6 Å². The topological polar surface area (TPSA) is 92.4 Å². The first-order valence-electron chi connectivity index (χ1n) is 6.13. The zero-order valence-corrected chi connectivity index (χ0v) is 11.7. The summed E-state index contributed by atoms with van der Waals surface area (Å²) < 4.78 is 0. The van der Waals surface area contributed by atoms with Gasteiger partial charge in [-0.2, -0.15) is 0 Å². The summed E-state index contributed by atoms with van der Waals surface area (Å²) in [6.07, 6.45) is 0.153. The van der Waals surface area contributed by atoms with Crippen LogP contribution in [0.5, 0.6) is 0 Å². The number of rotatable bonds is 4. The van der Waals surface area contributed by atoms with Crippen LogP contribution in [0.4, 0.5) is 11.4 Å². The molecule has 0 heterocycles. The SMILES string of the molecule is Nc1cc(C(=O)O)ccc1NC(=O)Cc1cccc(Cl)c1. The van der Waals surface area contributed by atoms with Crippen LogP contribution in [0.1, 0.15) is 15.9 Å². The molecule has 6 heteroatoms. The maximum absolute atomic E-state index is 11.9. The minimum Gasteiger partial charge on any atom is -0.478 e. The van der Waals surface area contributed by atoms with Gasteiger partial charge in [-0.05, 0) is 35.9 Å². The number of nitrogens with two attached hydrogens (primary N) is 1. The molecule has 0 spiro atoms. The van der Waals surface area contributed by atoms with Crippen molar-refractivity contribution in [2.45, 2.75) is 6.42 Å². The van der Waals surface area contributed by atoms with Crippen LogP contribution < -0.4 is 11.1 Å². The van der Waals surface area contributed by atoms with Crippen LogP contribution in [-0.4, -0.2) is 17.0 Å². The van der Waals surface area contributed by atoms with Gasteiger partial charge in [-0.1, -0.05) is 23.7 Å². The van der Waals surface area contributed by atoms with Crippen molar-refractivity contribution in [2.24, 2.45) is 0 Å². The van der Waals surface area contributed by atoms with Gasteiger partial charge in [-0.15, -0.1) is 0 Å². The van der Waals surface area contributed by atoms with Crippen molar-refractivity contribution in [1.29, 1.82) is 0 Å². The number of anilines is 2. The fourth-order valence-corrected chi connectivity index (χ4v) is 2.05. The Morgan fingerprint density at radius 3 is 2.57 bits per heavy atom. The normalized spacial score (nSPS) is 10.1. The predicted octanol–water partition coefficient (Wildman–Crippen LogP) is 2.80. The summed E-state index contributed by atoms with van der Waals surface area (Å²) in [6, 6.07) is 11.1. The summed E-state index contributed by atoms with van der Waals surface area (Å²) in [5.74, 6) is -1.33. The lowest BCUT2D eigenvalue weighted by Crippen LogP contribution is -2.15. The number of amides is 1. The number of carboxylic acids is 1. The first-order chi connectivity index (χ1) is 9.95. The summed E-state index contributed by atoms with van der Waals surface area (Å²) in [4.78, 5) is 22.7. The molecule has 2 aromatic carbocycles. The van der Waals surface area contributed by atoms with Gasteiger partial charge in [-0.3, -0.25) is 4.79 Å². The highest BCUT2D eigenvalue weighted by molar-refractivity contribution is 6.30. The molecule has 2 aromatic rings. The number of hydrogen-bond donors (Lipinski definition) is 3. The van der Waals surface area contributed by atoms with Gasteiger partial charge < -0.3 is 16.2 Å². The maximum Gasteiger partial charge on any atom is 0.335 e. The zero-order valence-electron chi connectivity index (χ0n) is 11.0. The fourth-order valence-electron chi connectivity index (χ4n) is 1.84. The van der Waals surface area contributed by atoms with Gasteiger partial charge in [0.05, 0.1) is 23.4 Å². The number of carboxylic acid groups (broad SMARTS) is 1. The number of carbonyl (C=O) groups excluding carboxylic acids is 1. The van der Waals surface area contributed by atoms with Crippen molar-refractivity contribution >= 4 is 34.9 Å². The van der Waals surface area contributed by atoms with E-state index in [1.54, 1.807) is 24.3 Å². The number of hydrogen-bond acceptors (Lipinski definition) is 3. The lowest BCUT2D eigenvalue weighted by Gasteiger charge is -2.09. The third-order valence-corrected chi connectivity index (χ3v) is 3.06. The van der Waals surface area contributed by atoms with Crippen molar-refractivity contribution in [2.75, 3.05) is 11.1 Å². The Morgan fingerprint density at radius 1 is 1.19 bits per heavy atom. The standard InChI is InChI=1S/C15H13ClN2O3/c16-11-3-1-2-9(6-11)7-14(19)18-13-5-4-10(15(20)21)8-12(13)17/h1-6,8H,7,17H2,(H,18,19)(H,20,21). The number of halogens is 1. The quantitative estimate of drug-likeness (QED) is 0.757. The van der Waals surface area contributed by atoms with Crippen LogP contribution in [0.3, 0.4) is 0 Å². The molecule has 0 unspecified atom stereocenters. The molecule has 0 saturated carbocycles. The molecular formula is C15H13ClN2O3. The van der Waals surface area contributed by atoms with E-state index in [4.69, 9.17) is 22.4 Å². The van der Waals surface area contributed by atoms with Gasteiger partial charge in [-0.25, -0.2) is 4.79 Å². The second kappa shape index (κ2) is 6.28. The largest absolute Gasteiger partial charge is 0.478 e. The molecule has 1 amide bonds. The third-order valence-electron chi connectivity index (χ3n) is 2.83. The van der Waals surface area contributed by atoms with Crippen molar-refractivity contribution in [3.8, 4) is 0 Å². The highest BCUT2D eigenvalue weighted by atomic mass is 35.5. The molecule has 5 nitrogen and oxygen atoms in total. The number of benzene rings is 2. The van der Waals surface area contributed by atoms with Crippen molar-refractivity contribution in [3.63, 3.8) is 0 Å². The van der Waals surface area contributed by atoms with Crippen molar-refractivity contribution < 1.29 is 14.7 Å². The average Bonchev–Trinajstić information content (AvgIpc) is 2.40. The number of aromatic carboxylic acids is 1. The van der Waals surface area contributed by atoms with Gasteiger partial charge in [0.25, 0.3) is 0 Å². The van der Waals surface area contributed by atoms with Gasteiger partial charge in [0, 0.05) is 5.02 Å². The van der Waals surface area contributed by atoms with Gasteiger partial charge in [0.2, 0.25) is 5.91 Å². The monoisotopic (exact) mass is 304 g/mol. The molecule has 0 bridgehead atoms. The Bertz CT molecular complexity index is 701. The highest BCUT2D eigenvalue weighted by Crippen LogP contribution is 2.20. The first-order valence-corrected chi connectivity index (χ1v) is 6.50. The van der Waals surface area contributed by atoms with Crippen LogP contribution in [0.2, 0.25) is 5.02 Å². The average molecular weight is 305 g/mol. The van der Waals surface area contributed by atoms with E-state index in [1.807, 2.05) is 0 Å². The highest BCUT2D eigenvalue weighted by Gasteiger charge is 2.09. The smallest absolute Gasteiger partial charge is 0.335 e. The Labute approximate surface area is 126 Å². The van der Waals surface area contributed by atoms with Gasteiger partial charge in [0.15, 0.2) is 0 Å². The molecule has 0 saturated heterocycles. The van der Waals surface area contributed by atoms with E-state index in [0.29, 0.717) is 10.7 Å². The lowest BCUT2D eigenvalue weighted by atomic mass is 10.1. The molecule has 0 aliphatic rings. The molecule has 108 valence electrons. The summed E-state index contributed by atoms with van der Waals surface area (Å²) in [6.45, 7) is 0. The minimum absolute atomic E-state index is 0.0698. The number of nitrogen functional groups attached to an aromatic ring is 1. The molecule has 0 fully saturated rings. The maximum atomic E-state index is 11.9. The van der Waals surface area contributed by atoms with E-state index in [0.717, 1.165) is 5.56 Å². The molecule has 0 aromatic heterocycles. The second-order valence-electron chi connectivity index (χ2n) is 4.46. The first kappa shape index (κ1) is 14.9. The summed E-state index contributed by atoms with van der Waals surface area (Å²) in [7, 11) is 0. The summed E-state index contributed by atoms with van der Waals surface area (Å²) >= 11 is 5.85. The van der Waals surface area contributed by atoms with E-state index >= 15 is 0 Å². The molecule has 0 radical (unpaired) electrons. The molecule has 4 N–H and O–H groups in total. The molecule has 2 rings (SSSR count). The molecule has 21 heavy (non-hydrogen) atoms. The van der Waals surface area contributed by atoms with Crippen LogP contribution in [0.25, 0.3) is 0 Å². The lowest BCUT2D eigenvalue weighted by molar-refractivity contribution is -0.115.